The predicted octanol–water partition coefficient (Wildman–Crippen LogP) is 8.67. The molecule has 12 heteroatoms. The second-order valence-corrected chi connectivity index (χ2v) is 30.0. The quantitative estimate of drug-likeness (QED) is 0.0683. The fraction of sp³-hybridized carbons (Fsp3) is 0.491. The Kier molecular flexibility index (Phi) is 18.8. The highest BCUT2D eigenvalue weighted by Gasteiger charge is 2.56. The van der Waals surface area contributed by atoms with Gasteiger partial charge in [-0.15, -0.1) is 13.2 Å². The number of allylic oxidation sites excluding steroid dienone is 1. The Balaban J connectivity index is 0.000000258. The Labute approximate surface area is 415 Å². The molecule has 10 nitrogen and oxygen atoms in total. The van der Waals surface area contributed by atoms with Crippen LogP contribution in [0.5, 0.6) is 0 Å². The molecule has 2 saturated heterocycles. The van der Waals surface area contributed by atoms with E-state index < -0.39 is 70.4 Å². The van der Waals surface area contributed by atoms with Gasteiger partial charge in [0.15, 0.2) is 17.4 Å². The zero-order chi connectivity index (χ0) is 50.9. The van der Waals surface area contributed by atoms with E-state index in [2.05, 4.69) is 152 Å². The Morgan fingerprint density at radius 2 is 0.942 bits per heavy atom. The van der Waals surface area contributed by atoms with Gasteiger partial charge < -0.3 is 42.4 Å². The van der Waals surface area contributed by atoms with Gasteiger partial charge in [0.25, 0.3) is 16.6 Å². The number of ether oxygens (including phenoxy) is 6. The van der Waals surface area contributed by atoms with E-state index in [-0.39, 0.29) is 28.9 Å². The number of Topliss-reactive ketones (excluding diaryl/α,β-unsaturated/α-hetero) is 1. The van der Waals surface area contributed by atoms with E-state index in [1.807, 2.05) is 52.0 Å². The molecule has 2 aliphatic rings. The van der Waals surface area contributed by atoms with E-state index in [0.29, 0.717) is 13.0 Å². The maximum atomic E-state index is 12.8. The maximum absolute atomic E-state index is 12.8. The highest BCUT2D eigenvalue weighted by Crippen LogP contribution is 2.41. The normalized spacial score (nSPS) is 22.1. The standard InChI is InChI=1S/C29H42O5Si.C28H38O5Si/c1-9-20-29(7,30)26(31-8)25-24(33-28(5,6)34-25)21-32-35(27(2,3)4,22-16-12-10-13-17-22)23-18-14-11-15-19-23;1-8-15-23(29)25(30-7)26-24(32-28(5,6)33-26)20-31-34(27(2,3)4,21-16-11-9-12-17-21)22-18-13-10-14-19-22/h9-19,24-26,30H,1,20-21H2,2-8H3;8-14,16-19,24-26H,1,15,20H2,2-7H3/t24?,25?,26?,29-;/m0./s1. The predicted molar refractivity (Wildman–Crippen MR) is 282 cm³/mol. The van der Waals surface area contributed by atoms with Gasteiger partial charge in [-0.25, -0.2) is 0 Å². The molecule has 376 valence electrons. The number of carbonyl (C=O) groups is 1. The highest BCUT2D eigenvalue weighted by molar-refractivity contribution is 7.00. The average Bonchev–Trinajstić information content (AvgIpc) is 3.77. The molecule has 0 amide bonds. The van der Waals surface area contributed by atoms with Crippen molar-refractivity contribution < 1.29 is 47.2 Å². The Morgan fingerprint density at radius 1 is 0.594 bits per heavy atom. The summed E-state index contributed by atoms with van der Waals surface area (Å²) in [5, 5.41) is 15.6. The number of benzene rings is 4. The Morgan fingerprint density at radius 3 is 1.25 bits per heavy atom. The summed E-state index contributed by atoms with van der Waals surface area (Å²) in [6.07, 6.45) is 0.513. The van der Waals surface area contributed by atoms with Crippen molar-refractivity contribution >= 4 is 43.2 Å². The lowest BCUT2D eigenvalue weighted by molar-refractivity contribution is -0.180. The monoisotopic (exact) mass is 981 g/mol. The fourth-order valence-electron chi connectivity index (χ4n) is 10.3. The Bertz CT molecular complexity index is 2140. The molecule has 4 aromatic rings. The lowest BCUT2D eigenvalue weighted by atomic mass is 9.89. The number of methoxy groups -OCH3 is 2. The van der Waals surface area contributed by atoms with Gasteiger partial charge in [0.1, 0.15) is 36.6 Å². The van der Waals surface area contributed by atoms with Crippen LogP contribution in [0.4, 0.5) is 0 Å². The van der Waals surface area contributed by atoms with Crippen molar-refractivity contribution in [3.05, 3.63) is 147 Å². The summed E-state index contributed by atoms with van der Waals surface area (Å²) in [6, 6.07) is 42.0. The first-order valence-electron chi connectivity index (χ1n) is 24.2. The largest absolute Gasteiger partial charge is 0.405 e. The molecule has 0 radical (unpaired) electrons. The minimum absolute atomic E-state index is 0.0840. The van der Waals surface area contributed by atoms with Crippen LogP contribution in [-0.4, -0.2) is 109 Å². The molecule has 0 spiro atoms. The third kappa shape index (κ3) is 12.8. The lowest BCUT2D eigenvalue weighted by Crippen LogP contribution is -2.67. The van der Waals surface area contributed by atoms with Crippen LogP contribution in [0.2, 0.25) is 10.1 Å². The van der Waals surface area contributed by atoms with Gasteiger partial charge in [0.05, 0.1) is 18.8 Å². The van der Waals surface area contributed by atoms with Crippen LogP contribution in [0.25, 0.3) is 0 Å². The fourth-order valence-corrected chi connectivity index (χ4v) is 19.4. The number of ketones is 1. The Hall–Kier alpha value is -3.90. The van der Waals surface area contributed by atoms with Crippen LogP contribution in [-0.2, 0) is 42.1 Å². The van der Waals surface area contributed by atoms with Gasteiger partial charge >= 0.3 is 0 Å². The summed E-state index contributed by atoms with van der Waals surface area (Å²) >= 11 is 0. The molecule has 6 rings (SSSR count). The first kappa shape index (κ1) is 56.0. The number of hydrogen-bond donors (Lipinski definition) is 1. The van der Waals surface area contributed by atoms with Gasteiger partial charge in [-0.3, -0.25) is 4.79 Å². The lowest BCUT2D eigenvalue weighted by Gasteiger charge is -2.44. The summed E-state index contributed by atoms with van der Waals surface area (Å²) in [5.41, 5.74) is -1.17. The first-order valence-corrected chi connectivity index (χ1v) is 28.0. The number of rotatable bonds is 20. The first-order chi connectivity index (χ1) is 32.4. The minimum atomic E-state index is -2.76. The third-order valence-corrected chi connectivity index (χ3v) is 23.2. The van der Waals surface area contributed by atoms with Crippen LogP contribution < -0.4 is 20.7 Å². The zero-order valence-electron chi connectivity index (χ0n) is 43.5. The molecule has 69 heavy (non-hydrogen) atoms. The highest BCUT2D eigenvalue weighted by atomic mass is 28.4. The minimum Gasteiger partial charge on any atom is -0.405 e. The summed E-state index contributed by atoms with van der Waals surface area (Å²) in [6.45, 7) is 30.8. The van der Waals surface area contributed by atoms with E-state index in [0.717, 1.165) is 0 Å². The SMILES string of the molecule is C=CCC(=O)C(OC)C1OC(C)(C)OC1CO[Si](c1ccccc1)(c1ccccc1)C(C)(C)C.C=CC[C@](C)(O)C(OC)C1OC(C)(C)OC1CO[Si](c1ccccc1)(c1ccccc1)C(C)(C)C. The van der Waals surface area contributed by atoms with Crippen molar-refractivity contribution in [3.63, 3.8) is 0 Å². The molecule has 2 aliphatic heterocycles. The van der Waals surface area contributed by atoms with Crippen molar-refractivity contribution in [1.29, 1.82) is 0 Å². The molecule has 0 aromatic heterocycles. The van der Waals surface area contributed by atoms with Crippen LogP contribution in [0.15, 0.2) is 147 Å². The maximum Gasteiger partial charge on any atom is 0.261 e. The average molecular weight is 981 g/mol. The van der Waals surface area contributed by atoms with Crippen molar-refractivity contribution in [1.82, 2.24) is 0 Å². The summed E-state index contributed by atoms with van der Waals surface area (Å²) in [5.74, 6) is -1.76. The van der Waals surface area contributed by atoms with E-state index >= 15 is 0 Å². The molecule has 6 unspecified atom stereocenters. The van der Waals surface area contributed by atoms with E-state index in [1.165, 1.54) is 27.9 Å². The van der Waals surface area contributed by atoms with Crippen molar-refractivity contribution in [2.24, 2.45) is 0 Å². The van der Waals surface area contributed by atoms with Crippen molar-refractivity contribution in [2.45, 2.75) is 153 Å². The number of carbonyl (C=O) groups excluding carboxylic acids is 1. The van der Waals surface area contributed by atoms with Gasteiger partial charge in [0.2, 0.25) is 0 Å². The summed E-state index contributed by atoms with van der Waals surface area (Å²) < 4.78 is 50.7. The number of hydrogen-bond acceptors (Lipinski definition) is 10. The molecule has 2 fully saturated rings. The summed E-state index contributed by atoms with van der Waals surface area (Å²) in [7, 11) is -2.39. The zero-order valence-corrected chi connectivity index (χ0v) is 45.5. The molecular formula is C57H80O10Si2. The molecular weight excluding hydrogens is 901 g/mol. The molecule has 0 bridgehead atoms. The third-order valence-electron chi connectivity index (χ3n) is 13.1. The summed E-state index contributed by atoms with van der Waals surface area (Å²) in [4.78, 5) is 12.8. The van der Waals surface area contributed by atoms with Gasteiger partial charge in [-0.05, 0) is 71.9 Å². The smallest absolute Gasteiger partial charge is 0.261 e. The topological polar surface area (TPSA) is 111 Å². The van der Waals surface area contributed by atoms with Gasteiger partial charge in [-0.1, -0.05) is 175 Å². The van der Waals surface area contributed by atoms with Crippen molar-refractivity contribution in [3.8, 4) is 0 Å². The van der Waals surface area contributed by atoms with Crippen molar-refractivity contribution in [2.75, 3.05) is 27.4 Å². The second-order valence-electron chi connectivity index (χ2n) is 21.3. The van der Waals surface area contributed by atoms with Crippen LogP contribution in [0.1, 0.15) is 89.0 Å². The van der Waals surface area contributed by atoms with Crippen LogP contribution in [0.3, 0.4) is 0 Å². The molecule has 7 atom stereocenters. The molecule has 2 heterocycles. The van der Waals surface area contributed by atoms with Gasteiger partial charge in [0, 0.05) is 20.6 Å². The second kappa shape index (κ2) is 23.1. The molecule has 0 aliphatic carbocycles. The number of aliphatic hydroxyl groups is 1. The molecule has 1 N–H and O–H groups in total. The molecule has 4 aromatic carbocycles. The molecule has 0 saturated carbocycles. The van der Waals surface area contributed by atoms with E-state index in [9.17, 15) is 9.90 Å². The van der Waals surface area contributed by atoms with Crippen LogP contribution >= 0.6 is 0 Å². The van der Waals surface area contributed by atoms with E-state index in [4.69, 9.17) is 37.3 Å². The van der Waals surface area contributed by atoms with E-state index in [1.54, 1.807) is 26.2 Å². The van der Waals surface area contributed by atoms with Crippen LogP contribution in [0, 0.1) is 0 Å². The van der Waals surface area contributed by atoms with Gasteiger partial charge in [-0.2, -0.15) is 0 Å².